The Bertz CT molecular complexity index is 1360. The Morgan fingerprint density at radius 3 is 2.47 bits per heavy atom. The minimum absolute atomic E-state index is 0.372. The molecule has 5 rings (SSSR count). The number of methoxy groups -OCH3 is 2. The van der Waals surface area contributed by atoms with Crippen molar-refractivity contribution in [2.45, 2.75) is 13.5 Å². The van der Waals surface area contributed by atoms with E-state index in [4.69, 9.17) is 18.6 Å². The van der Waals surface area contributed by atoms with Crippen molar-refractivity contribution in [2.24, 2.45) is 0 Å². The molecule has 0 bridgehead atoms. The van der Waals surface area contributed by atoms with Crippen LogP contribution in [0.2, 0.25) is 0 Å². The van der Waals surface area contributed by atoms with Crippen LogP contribution in [0.4, 0.5) is 5.69 Å². The number of ether oxygens (including phenoxy) is 3. The maximum absolute atomic E-state index is 12.3. The fraction of sp³-hybridized carbons (Fsp3) is 0.192. The molecule has 0 aliphatic carbocycles. The average molecular weight is 429 g/mol. The topological polar surface area (TPSA) is 61.1 Å². The van der Waals surface area contributed by atoms with Gasteiger partial charge in [0, 0.05) is 40.9 Å². The first-order valence-corrected chi connectivity index (χ1v) is 10.3. The van der Waals surface area contributed by atoms with E-state index < -0.39 is 0 Å². The van der Waals surface area contributed by atoms with Crippen molar-refractivity contribution in [1.82, 2.24) is 0 Å². The summed E-state index contributed by atoms with van der Waals surface area (Å²) in [5, 5.41) is 0.893. The highest BCUT2D eigenvalue weighted by Gasteiger charge is 2.24. The van der Waals surface area contributed by atoms with E-state index in [1.807, 2.05) is 55.5 Å². The van der Waals surface area contributed by atoms with Gasteiger partial charge in [-0.25, -0.2) is 4.79 Å². The van der Waals surface area contributed by atoms with Crippen molar-refractivity contribution in [3.63, 3.8) is 0 Å². The molecule has 0 fully saturated rings. The molecule has 0 unspecified atom stereocenters. The van der Waals surface area contributed by atoms with Crippen molar-refractivity contribution in [1.29, 1.82) is 0 Å². The number of rotatable bonds is 4. The maximum Gasteiger partial charge on any atom is 0.336 e. The highest BCUT2D eigenvalue weighted by Crippen LogP contribution is 2.40. The quantitative estimate of drug-likeness (QED) is 0.419. The first kappa shape index (κ1) is 20.0. The van der Waals surface area contributed by atoms with Gasteiger partial charge in [0.05, 0.1) is 14.2 Å². The molecule has 3 aromatic carbocycles. The van der Waals surface area contributed by atoms with Crippen molar-refractivity contribution in [3.05, 3.63) is 82.2 Å². The first-order chi connectivity index (χ1) is 15.6. The minimum Gasteiger partial charge on any atom is -0.493 e. The number of nitrogens with zero attached hydrogens (tertiary/aromatic N) is 1. The van der Waals surface area contributed by atoms with Gasteiger partial charge in [0.15, 0.2) is 18.2 Å². The second-order valence-corrected chi connectivity index (χ2v) is 7.72. The Hall–Kier alpha value is -3.93. The molecule has 0 spiro atoms. The zero-order valence-electron chi connectivity index (χ0n) is 18.2. The predicted molar refractivity (Wildman–Crippen MR) is 124 cm³/mol. The Labute approximate surface area is 185 Å². The van der Waals surface area contributed by atoms with Crippen LogP contribution in [0.25, 0.3) is 22.1 Å². The van der Waals surface area contributed by atoms with E-state index >= 15 is 0 Å². The molecule has 6 nitrogen and oxygen atoms in total. The maximum atomic E-state index is 12.3. The second kappa shape index (κ2) is 7.96. The van der Waals surface area contributed by atoms with E-state index in [0.29, 0.717) is 30.4 Å². The molecule has 6 heteroatoms. The molecule has 1 aliphatic rings. The van der Waals surface area contributed by atoms with Gasteiger partial charge in [-0.3, -0.25) is 0 Å². The highest BCUT2D eigenvalue weighted by atomic mass is 16.5. The van der Waals surface area contributed by atoms with E-state index in [1.54, 1.807) is 20.3 Å². The SMILES string of the molecule is COc1ccc(N2COc3c(cc4c(-c5ccccc5)cc(=O)oc4c3C)C2)cc1OC. The van der Waals surface area contributed by atoms with E-state index in [9.17, 15) is 4.79 Å². The van der Waals surface area contributed by atoms with Crippen LogP contribution in [0, 0.1) is 6.92 Å². The molecular weight excluding hydrogens is 406 g/mol. The van der Waals surface area contributed by atoms with E-state index in [0.717, 1.165) is 39.1 Å². The molecule has 32 heavy (non-hydrogen) atoms. The molecule has 0 amide bonds. The van der Waals surface area contributed by atoms with Crippen molar-refractivity contribution >= 4 is 16.7 Å². The highest BCUT2D eigenvalue weighted by molar-refractivity contribution is 5.96. The lowest BCUT2D eigenvalue weighted by atomic mass is 9.97. The summed E-state index contributed by atoms with van der Waals surface area (Å²) in [4.78, 5) is 14.4. The lowest BCUT2D eigenvalue weighted by Crippen LogP contribution is -2.32. The van der Waals surface area contributed by atoms with Crippen LogP contribution in [0.3, 0.4) is 0 Å². The summed E-state index contributed by atoms with van der Waals surface area (Å²) < 4.78 is 22.6. The molecule has 0 saturated heterocycles. The lowest BCUT2D eigenvalue weighted by molar-refractivity contribution is 0.287. The van der Waals surface area contributed by atoms with Gasteiger partial charge in [-0.15, -0.1) is 0 Å². The Morgan fingerprint density at radius 1 is 0.938 bits per heavy atom. The molecule has 0 saturated carbocycles. The molecule has 0 radical (unpaired) electrons. The summed E-state index contributed by atoms with van der Waals surface area (Å²) in [6.07, 6.45) is 0. The van der Waals surface area contributed by atoms with Crippen LogP contribution in [-0.2, 0) is 6.54 Å². The second-order valence-electron chi connectivity index (χ2n) is 7.72. The lowest BCUT2D eigenvalue weighted by Gasteiger charge is -2.32. The number of fused-ring (bicyclic) bond motifs is 2. The van der Waals surface area contributed by atoms with E-state index in [2.05, 4.69) is 11.0 Å². The summed E-state index contributed by atoms with van der Waals surface area (Å²) >= 11 is 0. The van der Waals surface area contributed by atoms with Gasteiger partial charge >= 0.3 is 5.63 Å². The number of hydrogen-bond acceptors (Lipinski definition) is 6. The number of aryl methyl sites for hydroxylation is 1. The largest absolute Gasteiger partial charge is 0.493 e. The third kappa shape index (κ3) is 3.34. The van der Waals surface area contributed by atoms with E-state index in [1.165, 1.54) is 0 Å². The van der Waals surface area contributed by atoms with Crippen LogP contribution in [0.5, 0.6) is 17.2 Å². The fourth-order valence-electron chi connectivity index (χ4n) is 4.26. The minimum atomic E-state index is -0.373. The van der Waals surface area contributed by atoms with Gasteiger partial charge in [-0.2, -0.15) is 0 Å². The van der Waals surface area contributed by atoms with Crippen LogP contribution in [0.1, 0.15) is 11.1 Å². The van der Waals surface area contributed by atoms with E-state index in [-0.39, 0.29) is 5.63 Å². The van der Waals surface area contributed by atoms with Gasteiger partial charge in [0.25, 0.3) is 0 Å². The Morgan fingerprint density at radius 2 is 1.72 bits per heavy atom. The van der Waals surface area contributed by atoms with Gasteiger partial charge in [0.2, 0.25) is 0 Å². The van der Waals surface area contributed by atoms with Crippen LogP contribution < -0.4 is 24.7 Å². The van der Waals surface area contributed by atoms with Crippen molar-refractivity contribution in [2.75, 3.05) is 25.9 Å². The first-order valence-electron chi connectivity index (χ1n) is 10.3. The zero-order valence-corrected chi connectivity index (χ0v) is 18.2. The summed E-state index contributed by atoms with van der Waals surface area (Å²) in [5.41, 5.74) is 4.84. The van der Waals surface area contributed by atoms with Gasteiger partial charge in [0.1, 0.15) is 11.3 Å². The molecule has 4 aromatic rings. The van der Waals surface area contributed by atoms with Crippen LogP contribution in [0.15, 0.2) is 69.9 Å². The summed E-state index contributed by atoms with van der Waals surface area (Å²) in [6, 6.07) is 19.3. The average Bonchev–Trinajstić information content (AvgIpc) is 2.84. The third-order valence-electron chi connectivity index (χ3n) is 5.83. The smallest absolute Gasteiger partial charge is 0.336 e. The molecule has 1 aromatic heterocycles. The third-order valence-corrected chi connectivity index (χ3v) is 5.83. The number of benzene rings is 3. The van der Waals surface area contributed by atoms with Gasteiger partial charge in [-0.05, 0) is 36.2 Å². The van der Waals surface area contributed by atoms with Crippen molar-refractivity contribution < 1.29 is 18.6 Å². The van der Waals surface area contributed by atoms with Crippen LogP contribution in [-0.4, -0.2) is 21.0 Å². The van der Waals surface area contributed by atoms with Gasteiger partial charge in [-0.1, -0.05) is 30.3 Å². The number of hydrogen-bond donors (Lipinski definition) is 0. The molecule has 162 valence electrons. The molecule has 0 atom stereocenters. The molecule has 2 heterocycles. The zero-order chi connectivity index (χ0) is 22.2. The monoisotopic (exact) mass is 429 g/mol. The van der Waals surface area contributed by atoms with Crippen LogP contribution >= 0.6 is 0 Å². The normalized spacial score (nSPS) is 12.9. The summed E-state index contributed by atoms with van der Waals surface area (Å²) in [7, 11) is 3.24. The van der Waals surface area contributed by atoms with Crippen molar-refractivity contribution in [3.8, 4) is 28.4 Å². The number of anilines is 1. The Kier molecular flexibility index (Phi) is 4.98. The van der Waals surface area contributed by atoms with Gasteiger partial charge < -0.3 is 23.5 Å². The summed E-state index contributed by atoms with van der Waals surface area (Å²) in [5.74, 6) is 2.11. The molecule has 0 N–H and O–H groups in total. The predicted octanol–water partition coefficient (Wildman–Crippen LogP) is 5.14. The summed E-state index contributed by atoms with van der Waals surface area (Å²) in [6.45, 7) is 2.96. The molecule has 1 aliphatic heterocycles. The standard InChI is InChI=1S/C26H23NO5/c1-16-25-18(14-27(15-31-25)19-9-10-22(29-2)23(12-19)30-3)11-21-20(13-24(28)32-26(16)21)17-7-5-4-6-8-17/h4-13H,14-15H2,1-3H3. The molecular formula is C26H23NO5. The fourth-order valence-corrected chi connectivity index (χ4v) is 4.26. The Balaban J connectivity index is 1.62.